The smallest absolute Gasteiger partial charge is 0.220 e. The fourth-order valence-corrected chi connectivity index (χ4v) is 3.73. The molecule has 1 amide bonds. The summed E-state index contributed by atoms with van der Waals surface area (Å²) in [4.78, 5) is 12.4. The van der Waals surface area contributed by atoms with Gasteiger partial charge in [0.05, 0.1) is 16.3 Å². The molecule has 32 heavy (non-hydrogen) atoms. The number of benzene rings is 2. The zero-order chi connectivity index (χ0) is 24.1. The number of carbonyl (C=O) groups is 1. The average molecular weight is 456 g/mol. The predicted molar refractivity (Wildman–Crippen MR) is 131 cm³/mol. The van der Waals surface area contributed by atoms with Crippen LogP contribution in [-0.2, 0) is 22.0 Å². The third-order valence-corrected chi connectivity index (χ3v) is 5.63. The quantitative estimate of drug-likeness (QED) is 0.469. The maximum atomic E-state index is 12.4. The Labute approximate surface area is 196 Å². The highest BCUT2D eigenvalue weighted by atomic mass is 35.5. The van der Waals surface area contributed by atoms with E-state index in [-0.39, 0.29) is 16.7 Å². The summed E-state index contributed by atoms with van der Waals surface area (Å²) < 4.78 is 0. The minimum Gasteiger partial charge on any atom is -0.507 e. The molecule has 0 aliphatic rings. The van der Waals surface area contributed by atoms with E-state index < -0.39 is 0 Å². The molecule has 0 aliphatic heterocycles. The summed E-state index contributed by atoms with van der Waals surface area (Å²) in [6.07, 6.45) is 0.955. The molecule has 5 nitrogen and oxygen atoms in total. The first kappa shape index (κ1) is 25.5. The number of anilines is 1. The number of carbonyl (C=O) groups excluding carboxylic acids is 1. The molecule has 172 valence electrons. The number of phenolic OH excluding ortho intramolecular Hbond substituents is 1. The van der Waals surface area contributed by atoms with Crippen LogP contribution in [0.15, 0.2) is 30.3 Å². The van der Waals surface area contributed by atoms with Crippen LogP contribution >= 0.6 is 11.6 Å². The van der Waals surface area contributed by atoms with Crippen LogP contribution in [0.4, 0.5) is 5.69 Å². The number of hydrogen-bond acceptors (Lipinski definition) is 4. The van der Waals surface area contributed by atoms with Crippen molar-refractivity contribution in [1.29, 1.82) is 5.26 Å². The molecule has 0 spiro atoms. The van der Waals surface area contributed by atoms with Gasteiger partial charge < -0.3 is 15.7 Å². The first-order chi connectivity index (χ1) is 14.8. The molecule has 0 radical (unpaired) electrons. The van der Waals surface area contributed by atoms with Crippen LogP contribution in [0, 0.1) is 11.3 Å². The van der Waals surface area contributed by atoms with Crippen LogP contribution in [-0.4, -0.2) is 24.1 Å². The second kappa shape index (κ2) is 10.3. The van der Waals surface area contributed by atoms with Crippen molar-refractivity contribution in [3.63, 3.8) is 0 Å². The minimum atomic E-state index is -0.198. The van der Waals surface area contributed by atoms with Crippen molar-refractivity contribution in [2.75, 3.05) is 18.4 Å². The van der Waals surface area contributed by atoms with E-state index in [9.17, 15) is 15.2 Å². The topological polar surface area (TPSA) is 85.2 Å². The first-order valence-corrected chi connectivity index (χ1v) is 11.3. The molecule has 0 atom stereocenters. The van der Waals surface area contributed by atoms with Crippen molar-refractivity contribution in [1.82, 2.24) is 5.32 Å². The third kappa shape index (κ3) is 6.64. The Hall–Kier alpha value is -2.71. The van der Waals surface area contributed by atoms with E-state index in [1.54, 1.807) is 18.2 Å². The first-order valence-electron chi connectivity index (χ1n) is 10.9. The van der Waals surface area contributed by atoms with Gasteiger partial charge in [-0.2, -0.15) is 5.26 Å². The molecule has 2 aromatic rings. The SMILES string of the molecule is CC(C)(C)c1cc(CCC(=O)NCCNc2cccc(Cl)c2C#N)cc(C(C)(C)C)c1O. The number of aryl methyl sites for hydroxylation is 1. The molecule has 0 bridgehead atoms. The minimum absolute atomic E-state index is 0.0407. The van der Waals surface area contributed by atoms with Gasteiger partial charge >= 0.3 is 0 Å². The molecule has 6 heteroatoms. The summed E-state index contributed by atoms with van der Waals surface area (Å²) >= 11 is 6.03. The molecule has 0 fully saturated rings. The summed E-state index contributed by atoms with van der Waals surface area (Å²) in [7, 11) is 0. The summed E-state index contributed by atoms with van der Waals surface area (Å²) in [5, 5.41) is 26.5. The zero-order valence-electron chi connectivity index (χ0n) is 19.9. The maximum Gasteiger partial charge on any atom is 0.220 e. The van der Waals surface area contributed by atoms with E-state index in [1.807, 2.05) is 12.1 Å². The fourth-order valence-electron chi connectivity index (χ4n) is 3.51. The van der Waals surface area contributed by atoms with Crippen LogP contribution in [0.25, 0.3) is 0 Å². The lowest BCUT2D eigenvalue weighted by Gasteiger charge is -2.28. The van der Waals surface area contributed by atoms with Crippen molar-refractivity contribution in [2.24, 2.45) is 0 Å². The Balaban J connectivity index is 1.97. The van der Waals surface area contributed by atoms with Crippen molar-refractivity contribution < 1.29 is 9.90 Å². The van der Waals surface area contributed by atoms with Crippen LogP contribution in [0.3, 0.4) is 0 Å². The standard InChI is InChI=1S/C26H34ClN3O2/c1-25(2,3)19-14-17(15-20(24(19)32)26(4,5)6)10-11-23(31)30-13-12-29-22-9-7-8-21(27)18(22)16-28/h7-9,14-15,29,32H,10-13H2,1-6H3,(H,30,31). The lowest BCUT2D eigenvalue weighted by atomic mass is 9.78. The van der Waals surface area contributed by atoms with E-state index in [0.29, 0.717) is 48.0 Å². The molecule has 0 unspecified atom stereocenters. The van der Waals surface area contributed by atoms with Crippen LogP contribution < -0.4 is 10.6 Å². The number of halogens is 1. The average Bonchev–Trinajstić information content (AvgIpc) is 2.68. The van der Waals surface area contributed by atoms with E-state index >= 15 is 0 Å². The summed E-state index contributed by atoms with van der Waals surface area (Å²) in [5.41, 5.74) is 3.51. The lowest BCUT2D eigenvalue weighted by Crippen LogP contribution is -2.29. The molecule has 0 saturated heterocycles. The van der Waals surface area contributed by atoms with Crippen molar-refractivity contribution in [3.8, 4) is 11.8 Å². The van der Waals surface area contributed by atoms with Gasteiger partial charge in [0.2, 0.25) is 5.91 Å². The van der Waals surface area contributed by atoms with Crippen molar-refractivity contribution in [3.05, 3.63) is 57.6 Å². The zero-order valence-corrected chi connectivity index (χ0v) is 20.7. The highest BCUT2D eigenvalue weighted by Crippen LogP contribution is 2.40. The largest absolute Gasteiger partial charge is 0.507 e. The Kier molecular flexibility index (Phi) is 8.20. The highest BCUT2D eigenvalue weighted by Gasteiger charge is 2.26. The van der Waals surface area contributed by atoms with Gasteiger partial charge in [0, 0.05) is 19.5 Å². The molecule has 0 aromatic heterocycles. The number of rotatable bonds is 7. The lowest BCUT2D eigenvalue weighted by molar-refractivity contribution is -0.120. The van der Waals surface area contributed by atoms with Gasteiger partial charge in [-0.1, -0.05) is 71.3 Å². The van der Waals surface area contributed by atoms with Crippen molar-refractivity contribution in [2.45, 2.75) is 65.2 Å². The van der Waals surface area contributed by atoms with E-state index in [4.69, 9.17) is 11.6 Å². The monoisotopic (exact) mass is 455 g/mol. The normalized spacial score (nSPS) is 11.7. The Bertz CT molecular complexity index is 976. The van der Waals surface area contributed by atoms with Gasteiger partial charge in [0.15, 0.2) is 0 Å². The number of phenols is 1. The number of nitrogens with zero attached hydrogens (tertiary/aromatic N) is 1. The summed E-state index contributed by atoms with van der Waals surface area (Å²) in [5.74, 6) is 0.308. The highest BCUT2D eigenvalue weighted by molar-refractivity contribution is 6.32. The number of nitriles is 1. The summed E-state index contributed by atoms with van der Waals surface area (Å²) in [6.45, 7) is 13.4. The Morgan fingerprint density at radius 1 is 1.06 bits per heavy atom. The fraction of sp³-hybridized carbons (Fsp3) is 0.462. The molecule has 0 heterocycles. The molecule has 2 aromatic carbocycles. The summed E-state index contributed by atoms with van der Waals surface area (Å²) in [6, 6.07) is 11.4. The Morgan fingerprint density at radius 3 is 2.19 bits per heavy atom. The van der Waals surface area contributed by atoms with Gasteiger partial charge in [-0.15, -0.1) is 0 Å². The van der Waals surface area contributed by atoms with Crippen molar-refractivity contribution >= 4 is 23.2 Å². The molecule has 3 N–H and O–H groups in total. The Morgan fingerprint density at radius 2 is 1.66 bits per heavy atom. The molecule has 2 rings (SSSR count). The molecular formula is C26H34ClN3O2. The second-order valence-electron chi connectivity index (χ2n) is 10.1. The number of amides is 1. The van der Waals surface area contributed by atoms with E-state index in [0.717, 1.165) is 16.7 Å². The number of hydrogen-bond donors (Lipinski definition) is 3. The van der Waals surface area contributed by atoms with Gasteiger partial charge in [-0.3, -0.25) is 4.79 Å². The molecule has 0 aliphatic carbocycles. The van der Waals surface area contributed by atoms with Crippen LogP contribution in [0.5, 0.6) is 5.75 Å². The van der Waals surface area contributed by atoms with E-state index in [1.165, 1.54) is 0 Å². The number of nitrogens with one attached hydrogen (secondary N) is 2. The number of aromatic hydroxyl groups is 1. The predicted octanol–water partition coefficient (Wildman–Crippen LogP) is 5.67. The van der Waals surface area contributed by atoms with Gasteiger partial charge in [-0.25, -0.2) is 0 Å². The van der Waals surface area contributed by atoms with Gasteiger partial charge in [0.25, 0.3) is 0 Å². The second-order valence-corrected chi connectivity index (χ2v) is 10.5. The third-order valence-electron chi connectivity index (χ3n) is 5.31. The van der Waals surface area contributed by atoms with Crippen LogP contribution in [0.1, 0.15) is 70.2 Å². The molecular weight excluding hydrogens is 422 g/mol. The van der Waals surface area contributed by atoms with E-state index in [2.05, 4.69) is 58.2 Å². The van der Waals surface area contributed by atoms with Crippen LogP contribution in [0.2, 0.25) is 5.02 Å². The molecule has 0 saturated carbocycles. The maximum absolute atomic E-state index is 12.4. The van der Waals surface area contributed by atoms with Gasteiger partial charge in [0.1, 0.15) is 11.8 Å². The van der Waals surface area contributed by atoms with Gasteiger partial charge in [-0.05, 0) is 46.1 Å².